The lowest BCUT2D eigenvalue weighted by molar-refractivity contribution is -0.144. The summed E-state index contributed by atoms with van der Waals surface area (Å²) in [6, 6.07) is 5.76. The van der Waals surface area contributed by atoms with Gasteiger partial charge in [0, 0.05) is 28.8 Å². The molecule has 2 saturated carbocycles. The van der Waals surface area contributed by atoms with Gasteiger partial charge >= 0.3 is 6.09 Å². The normalized spacial score (nSPS) is 28.1. The predicted octanol–water partition coefficient (Wildman–Crippen LogP) is 4.61. The van der Waals surface area contributed by atoms with Gasteiger partial charge in [0.2, 0.25) is 27.7 Å². The lowest BCUT2D eigenvalue weighted by Gasteiger charge is -2.41. The number of nitrogens with one attached hydrogen (secondary N) is 2. The zero-order valence-electron chi connectivity index (χ0n) is 30.8. The van der Waals surface area contributed by atoms with Crippen LogP contribution in [0.3, 0.4) is 0 Å². The molecular weight excluding hydrogens is 699 g/mol. The van der Waals surface area contributed by atoms with E-state index in [9.17, 15) is 32.7 Å². The van der Waals surface area contributed by atoms with Gasteiger partial charge in [-0.05, 0) is 96.6 Å². The Morgan fingerprint density at radius 3 is 2.49 bits per heavy atom. The van der Waals surface area contributed by atoms with Crippen LogP contribution in [0.15, 0.2) is 36.4 Å². The zero-order chi connectivity index (χ0) is 37.7. The largest absolute Gasteiger partial charge is 0.472 e. The summed E-state index contributed by atoms with van der Waals surface area (Å²) in [5.41, 5.74) is 0.602. The molecule has 286 valence electrons. The number of pyridine rings is 1. The summed E-state index contributed by atoms with van der Waals surface area (Å²) >= 11 is 0. The maximum atomic E-state index is 14.8. The Bertz CT molecular complexity index is 1940. The molecule has 3 aliphatic carbocycles. The van der Waals surface area contributed by atoms with E-state index in [4.69, 9.17) is 9.72 Å². The molecule has 5 aliphatic rings. The van der Waals surface area contributed by atoms with Crippen molar-refractivity contribution in [1.82, 2.24) is 24.8 Å². The van der Waals surface area contributed by atoms with Crippen molar-refractivity contribution in [2.75, 3.05) is 6.54 Å². The number of benzene rings is 1. The topological polar surface area (TPSA) is 175 Å². The van der Waals surface area contributed by atoms with Gasteiger partial charge in [-0.25, -0.2) is 18.2 Å². The van der Waals surface area contributed by atoms with Gasteiger partial charge in [0.15, 0.2) is 0 Å². The molecule has 1 aromatic heterocycles. The minimum Gasteiger partial charge on any atom is -0.472 e. The van der Waals surface area contributed by atoms with Crippen LogP contribution in [0.1, 0.15) is 103 Å². The minimum absolute atomic E-state index is 0.00683. The summed E-state index contributed by atoms with van der Waals surface area (Å²) < 4.78 is 34.6. The van der Waals surface area contributed by atoms with Crippen molar-refractivity contribution in [3.8, 4) is 5.88 Å². The molecule has 2 aliphatic heterocycles. The van der Waals surface area contributed by atoms with Crippen molar-refractivity contribution < 1.29 is 37.4 Å². The number of nitrogens with zero attached hydrogens (tertiary/aromatic N) is 3. The lowest BCUT2D eigenvalue weighted by atomic mass is 9.89. The molecule has 1 saturated heterocycles. The highest BCUT2D eigenvalue weighted by Crippen LogP contribution is 2.46. The summed E-state index contributed by atoms with van der Waals surface area (Å²) in [5, 5.41) is 13.8. The number of rotatable bonds is 6. The van der Waals surface area contributed by atoms with E-state index in [1.165, 1.54) is 15.4 Å². The maximum Gasteiger partial charge on any atom is 0.408 e. The number of para-hydroxylation sites is 1. The number of aryl methyl sites for hydroxylation is 1. The van der Waals surface area contributed by atoms with E-state index < -0.39 is 74.3 Å². The summed E-state index contributed by atoms with van der Waals surface area (Å²) in [5.74, 6) is -1.84. The summed E-state index contributed by atoms with van der Waals surface area (Å²) in [6.07, 6.45) is 9.98. The Balaban J connectivity index is 1.24. The number of carbonyl (C=O) groups excluding carboxylic acids is 3. The summed E-state index contributed by atoms with van der Waals surface area (Å²) in [6.45, 7) is 5.24. The highest BCUT2D eigenvalue weighted by Gasteiger charge is 2.62. The smallest absolute Gasteiger partial charge is 0.408 e. The number of sulfonamides is 1. The lowest BCUT2D eigenvalue weighted by Crippen LogP contribution is -2.60. The van der Waals surface area contributed by atoms with Crippen LogP contribution in [0, 0.1) is 5.92 Å². The van der Waals surface area contributed by atoms with Crippen molar-refractivity contribution in [2.45, 2.75) is 139 Å². The fourth-order valence-electron chi connectivity index (χ4n) is 8.52. The third-order valence-corrected chi connectivity index (χ3v) is 13.3. The molecule has 53 heavy (non-hydrogen) atoms. The fraction of sp³-hybridized carbons (Fsp3) is 0.615. The molecule has 7 rings (SSSR count). The molecule has 3 N–H and O–H groups in total. The SMILES string of the molecule is CC(C)(C)N(C(=O)O)[C@H]1CCCCCC=C[C@@H]2C[C@@]2(C(=O)NS(=O)(=O)C2CC2)NC(=O)[C@@H]2C[C@@H](Oc3nc4ccccc4c4c3CCCC4)CN2C1=O. The van der Waals surface area contributed by atoms with Crippen LogP contribution in [0.4, 0.5) is 4.79 Å². The van der Waals surface area contributed by atoms with Crippen LogP contribution in [0.25, 0.3) is 10.9 Å². The van der Waals surface area contributed by atoms with Crippen LogP contribution in [-0.2, 0) is 37.2 Å². The third-order valence-electron chi connectivity index (χ3n) is 11.5. The average Bonchev–Trinajstić information content (AvgIpc) is 4.03. The number of fused-ring (bicyclic) bond motifs is 5. The highest BCUT2D eigenvalue weighted by atomic mass is 32.2. The second-order valence-electron chi connectivity index (χ2n) is 16.4. The number of amides is 4. The number of aromatic nitrogens is 1. The van der Waals surface area contributed by atoms with E-state index in [1.807, 2.05) is 30.4 Å². The van der Waals surface area contributed by atoms with E-state index in [2.05, 4.69) is 16.1 Å². The molecular formula is C39H51N5O8S. The molecule has 14 heteroatoms. The first-order chi connectivity index (χ1) is 25.2. The Labute approximate surface area is 310 Å². The van der Waals surface area contributed by atoms with Gasteiger partial charge in [-0.1, -0.05) is 43.2 Å². The summed E-state index contributed by atoms with van der Waals surface area (Å²) in [7, 11) is -3.89. The molecule has 2 aromatic rings. The minimum atomic E-state index is -3.89. The van der Waals surface area contributed by atoms with Gasteiger partial charge in [-0.2, -0.15) is 0 Å². The van der Waals surface area contributed by atoms with E-state index in [-0.39, 0.29) is 25.8 Å². The molecule has 0 spiro atoms. The number of carbonyl (C=O) groups is 4. The highest BCUT2D eigenvalue weighted by molar-refractivity contribution is 7.91. The summed E-state index contributed by atoms with van der Waals surface area (Å²) in [4.78, 5) is 63.3. The first kappa shape index (κ1) is 37.1. The van der Waals surface area contributed by atoms with E-state index >= 15 is 0 Å². The molecule has 3 heterocycles. The van der Waals surface area contributed by atoms with Crippen molar-refractivity contribution in [3.05, 3.63) is 47.5 Å². The Morgan fingerprint density at radius 1 is 1.04 bits per heavy atom. The number of allylic oxidation sites excluding steroid dienone is 1. The van der Waals surface area contributed by atoms with Crippen molar-refractivity contribution in [2.24, 2.45) is 5.92 Å². The van der Waals surface area contributed by atoms with Gasteiger partial charge in [0.05, 0.1) is 17.3 Å². The standard InChI is InChI=1S/C39H51N5O8S/c1-38(2,3)44(37(48)49)31-18-8-6-4-5-7-13-24-22-39(24,36(47)42-53(50,51)26-19-20-26)41-33(45)32-21-25(23-43(32)35(31)46)52-34-29-16-10-9-14-27(29)28-15-11-12-17-30(28)40-34/h7,11-13,15,17,24-26,31-32H,4-6,8-10,14,16,18-23H2,1-3H3,(H,41,45)(H,42,47)(H,48,49)/t24-,25-,31+,32+,39-/m1/s1. The molecule has 0 radical (unpaired) electrons. The molecule has 3 fully saturated rings. The first-order valence-electron chi connectivity index (χ1n) is 19.1. The van der Waals surface area contributed by atoms with Gasteiger partial charge in [0.1, 0.15) is 23.7 Å². The molecule has 0 bridgehead atoms. The number of hydrogen-bond acceptors (Lipinski definition) is 8. The van der Waals surface area contributed by atoms with E-state index in [1.54, 1.807) is 20.8 Å². The van der Waals surface area contributed by atoms with Crippen molar-refractivity contribution in [3.63, 3.8) is 0 Å². The molecule has 13 nitrogen and oxygen atoms in total. The second kappa shape index (κ2) is 14.2. The Kier molecular flexibility index (Phi) is 9.96. The second-order valence-corrected chi connectivity index (χ2v) is 18.4. The molecule has 0 unspecified atom stereocenters. The number of ether oxygens (including phenoxy) is 1. The van der Waals surface area contributed by atoms with E-state index in [0.717, 1.165) is 55.0 Å². The Morgan fingerprint density at radius 2 is 1.77 bits per heavy atom. The van der Waals surface area contributed by atoms with Crippen LogP contribution in [0.5, 0.6) is 5.88 Å². The van der Waals surface area contributed by atoms with E-state index in [0.29, 0.717) is 31.6 Å². The van der Waals surface area contributed by atoms with Crippen LogP contribution < -0.4 is 14.8 Å². The van der Waals surface area contributed by atoms with Gasteiger partial charge in [-0.15, -0.1) is 0 Å². The molecule has 1 aromatic carbocycles. The fourth-order valence-corrected chi connectivity index (χ4v) is 9.88. The maximum absolute atomic E-state index is 14.8. The van der Waals surface area contributed by atoms with Gasteiger partial charge in [-0.3, -0.25) is 24.0 Å². The Hall–Kier alpha value is -4.20. The number of carboxylic acid groups (broad SMARTS) is 1. The quantitative estimate of drug-likeness (QED) is 0.356. The molecule has 5 atom stereocenters. The van der Waals surface area contributed by atoms with Crippen LogP contribution in [-0.4, -0.2) is 93.2 Å². The van der Waals surface area contributed by atoms with Gasteiger partial charge < -0.3 is 20.1 Å². The molecule has 4 amide bonds. The van der Waals surface area contributed by atoms with Crippen LogP contribution >= 0.6 is 0 Å². The monoisotopic (exact) mass is 749 g/mol. The van der Waals surface area contributed by atoms with Gasteiger partial charge in [0.25, 0.3) is 5.91 Å². The first-order valence-corrected chi connectivity index (χ1v) is 20.7. The zero-order valence-corrected chi connectivity index (χ0v) is 31.6. The average molecular weight is 750 g/mol. The predicted molar refractivity (Wildman–Crippen MR) is 198 cm³/mol. The third kappa shape index (κ3) is 7.48. The van der Waals surface area contributed by atoms with Crippen molar-refractivity contribution in [1.29, 1.82) is 0 Å². The van der Waals surface area contributed by atoms with Crippen molar-refractivity contribution >= 4 is 44.7 Å². The number of hydrogen-bond donors (Lipinski definition) is 3. The van der Waals surface area contributed by atoms with Crippen LogP contribution in [0.2, 0.25) is 0 Å².